The third-order valence-corrected chi connectivity index (χ3v) is 6.00. The van der Waals surface area contributed by atoms with E-state index >= 15 is 0 Å². The number of piperidine rings is 1. The SMILES string of the molecule is CC1CCCN(C(C)CNC(=O)/C=C/c2cn(-c3ccccc3)nc2-c2cccnc2)C1. The molecule has 1 aliphatic rings. The number of amides is 1. The fraction of sp³-hybridized carbons (Fsp3) is 0.346. The van der Waals surface area contributed by atoms with Crippen LogP contribution >= 0.6 is 0 Å². The molecule has 6 nitrogen and oxygen atoms in total. The molecule has 1 aromatic carbocycles. The van der Waals surface area contributed by atoms with Crippen molar-refractivity contribution in [3.8, 4) is 16.9 Å². The Kier molecular flexibility index (Phi) is 7.12. The first-order chi connectivity index (χ1) is 15.6. The summed E-state index contributed by atoms with van der Waals surface area (Å²) >= 11 is 0. The quantitative estimate of drug-likeness (QED) is 0.572. The Labute approximate surface area is 190 Å². The van der Waals surface area contributed by atoms with Crippen LogP contribution in [0.3, 0.4) is 0 Å². The zero-order valence-corrected chi connectivity index (χ0v) is 18.8. The molecule has 2 atom stereocenters. The molecule has 0 bridgehead atoms. The van der Waals surface area contributed by atoms with Gasteiger partial charge in [0, 0.05) is 54.9 Å². The molecule has 1 aliphatic heterocycles. The van der Waals surface area contributed by atoms with Gasteiger partial charge >= 0.3 is 0 Å². The molecule has 1 amide bonds. The van der Waals surface area contributed by atoms with Crippen LogP contribution in [0, 0.1) is 5.92 Å². The molecule has 166 valence electrons. The maximum absolute atomic E-state index is 12.5. The highest BCUT2D eigenvalue weighted by Gasteiger charge is 2.21. The number of carbonyl (C=O) groups excluding carboxylic acids is 1. The van der Waals surface area contributed by atoms with E-state index in [9.17, 15) is 4.79 Å². The number of rotatable bonds is 7. The standard InChI is InChI=1S/C26H31N5O/c1-20-8-7-15-30(18-20)21(2)16-28-25(32)13-12-23-19-31(24-10-4-3-5-11-24)29-26(23)22-9-6-14-27-17-22/h3-6,9-14,17,19-21H,7-8,15-16,18H2,1-2H3,(H,28,32)/b13-12+. The van der Waals surface area contributed by atoms with E-state index in [1.165, 1.54) is 12.8 Å². The van der Waals surface area contributed by atoms with Gasteiger partial charge in [-0.15, -0.1) is 0 Å². The summed E-state index contributed by atoms with van der Waals surface area (Å²) in [5, 5.41) is 7.81. The Hall–Kier alpha value is -3.25. The van der Waals surface area contributed by atoms with Gasteiger partial charge in [-0.3, -0.25) is 14.7 Å². The third-order valence-electron chi connectivity index (χ3n) is 6.00. The lowest BCUT2D eigenvalue weighted by Crippen LogP contribution is -2.46. The molecule has 3 aromatic rings. The summed E-state index contributed by atoms with van der Waals surface area (Å²) in [4.78, 5) is 19.2. The molecule has 1 fully saturated rings. The summed E-state index contributed by atoms with van der Waals surface area (Å²) < 4.78 is 1.83. The van der Waals surface area contributed by atoms with Crippen molar-refractivity contribution in [1.29, 1.82) is 0 Å². The minimum Gasteiger partial charge on any atom is -0.351 e. The molecule has 1 saturated heterocycles. The molecule has 0 saturated carbocycles. The molecule has 2 aromatic heterocycles. The number of pyridine rings is 1. The monoisotopic (exact) mass is 429 g/mol. The van der Waals surface area contributed by atoms with Gasteiger partial charge in [-0.05, 0) is 62.6 Å². The summed E-state index contributed by atoms with van der Waals surface area (Å²) in [6.07, 6.45) is 11.4. The Morgan fingerprint density at radius 1 is 1.25 bits per heavy atom. The predicted molar refractivity (Wildman–Crippen MR) is 128 cm³/mol. The van der Waals surface area contributed by atoms with Gasteiger partial charge in [0.05, 0.1) is 5.69 Å². The van der Waals surface area contributed by atoms with Crippen LogP contribution in [0.2, 0.25) is 0 Å². The number of hydrogen-bond donors (Lipinski definition) is 1. The average Bonchev–Trinajstić information content (AvgIpc) is 3.26. The van der Waals surface area contributed by atoms with Crippen molar-refractivity contribution in [3.05, 3.63) is 72.7 Å². The van der Waals surface area contributed by atoms with Crippen LogP contribution in [0.1, 0.15) is 32.3 Å². The van der Waals surface area contributed by atoms with Crippen LogP contribution in [0.25, 0.3) is 23.0 Å². The highest BCUT2D eigenvalue weighted by Crippen LogP contribution is 2.24. The highest BCUT2D eigenvalue weighted by atomic mass is 16.1. The fourth-order valence-corrected chi connectivity index (χ4v) is 4.18. The molecule has 0 aliphatic carbocycles. The van der Waals surface area contributed by atoms with Crippen LogP contribution in [0.15, 0.2) is 67.1 Å². The van der Waals surface area contributed by atoms with Crippen molar-refractivity contribution in [1.82, 2.24) is 25.0 Å². The number of nitrogens with zero attached hydrogens (tertiary/aromatic N) is 4. The molecular formula is C26H31N5O. The van der Waals surface area contributed by atoms with Crippen molar-refractivity contribution in [3.63, 3.8) is 0 Å². The first kappa shape index (κ1) is 22.0. The molecular weight excluding hydrogens is 398 g/mol. The Morgan fingerprint density at radius 3 is 2.84 bits per heavy atom. The Bertz CT molecular complexity index is 1040. The number of para-hydroxylation sites is 1. The number of benzene rings is 1. The first-order valence-corrected chi connectivity index (χ1v) is 11.4. The predicted octanol–water partition coefficient (Wildman–Crippen LogP) is 4.18. The highest BCUT2D eigenvalue weighted by molar-refractivity contribution is 5.92. The third kappa shape index (κ3) is 5.51. The van der Waals surface area contributed by atoms with Crippen LogP contribution < -0.4 is 5.32 Å². The second-order valence-corrected chi connectivity index (χ2v) is 8.62. The summed E-state index contributed by atoms with van der Waals surface area (Å²) in [6.45, 7) is 7.36. The molecule has 3 heterocycles. The first-order valence-electron chi connectivity index (χ1n) is 11.4. The van der Waals surface area contributed by atoms with E-state index < -0.39 is 0 Å². The largest absolute Gasteiger partial charge is 0.351 e. The minimum absolute atomic E-state index is 0.0912. The molecule has 4 rings (SSSR count). The van der Waals surface area contributed by atoms with Crippen molar-refractivity contribution in [2.24, 2.45) is 5.92 Å². The summed E-state index contributed by atoms with van der Waals surface area (Å²) in [6, 6.07) is 14.1. The van der Waals surface area contributed by atoms with E-state index in [-0.39, 0.29) is 5.91 Å². The van der Waals surface area contributed by atoms with E-state index in [0.29, 0.717) is 12.6 Å². The number of nitrogens with one attached hydrogen (secondary N) is 1. The van der Waals surface area contributed by atoms with Gasteiger partial charge in [-0.25, -0.2) is 4.68 Å². The molecule has 0 spiro atoms. The van der Waals surface area contributed by atoms with E-state index in [2.05, 4.69) is 29.0 Å². The second-order valence-electron chi connectivity index (χ2n) is 8.62. The lowest BCUT2D eigenvalue weighted by atomic mass is 9.99. The van der Waals surface area contributed by atoms with Gasteiger partial charge in [-0.2, -0.15) is 5.10 Å². The minimum atomic E-state index is -0.0912. The number of carbonyl (C=O) groups is 1. The zero-order chi connectivity index (χ0) is 22.3. The number of hydrogen-bond acceptors (Lipinski definition) is 4. The molecule has 1 N–H and O–H groups in total. The lowest BCUT2D eigenvalue weighted by molar-refractivity contribution is -0.116. The van der Waals surface area contributed by atoms with Gasteiger partial charge in [-0.1, -0.05) is 25.1 Å². The topological polar surface area (TPSA) is 63.1 Å². The fourth-order valence-electron chi connectivity index (χ4n) is 4.18. The normalized spacial score (nSPS) is 18.0. The van der Waals surface area contributed by atoms with Crippen LogP contribution in [-0.4, -0.2) is 51.2 Å². The van der Waals surface area contributed by atoms with Gasteiger partial charge in [0.25, 0.3) is 0 Å². The number of aromatic nitrogens is 3. The molecule has 0 radical (unpaired) electrons. The lowest BCUT2D eigenvalue weighted by Gasteiger charge is -2.35. The maximum atomic E-state index is 12.5. The zero-order valence-electron chi connectivity index (χ0n) is 18.8. The summed E-state index contributed by atoms with van der Waals surface area (Å²) in [7, 11) is 0. The van der Waals surface area contributed by atoms with E-state index in [1.807, 2.05) is 59.4 Å². The maximum Gasteiger partial charge on any atom is 0.244 e. The average molecular weight is 430 g/mol. The summed E-state index contributed by atoms with van der Waals surface area (Å²) in [5.41, 5.74) is 3.54. The molecule has 2 unspecified atom stereocenters. The smallest absolute Gasteiger partial charge is 0.244 e. The van der Waals surface area contributed by atoms with Crippen LogP contribution in [-0.2, 0) is 4.79 Å². The van der Waals surface area contributed by atoms with E-state index in [4.69, 9.17) is 5.10 Å². The van der Waals surface area contributed by atoms with Crippen molar-refractivity contribution in [2.75, 3.05) is 19.6 Å². The number of likely N-dealkylation sites (tertiary alicyclic amines) is 1. The van der Waals surface area contributed by atoms with Crippen LogP contribution in [0.4, 0.5) is 0 Å². The van der Waals surface area contributed by atoms with Gasteiger partial charge < -0.3 is 5.32 Å². The summed E-state index contributed by atoms with van der Waals surface area (Å²) in [5.74, 6) is 0.639. The molecule has 6 heteroatoms. The Morgan fingerprint density at radius 2 is 2.09 bits per heavy atom. The second kappa shape index (κ2) is 10.4. The van der Waals surface area contributed by atoms with E-state index in [0.717, 1.165) is 41.5 Å². The van der Waals surface area contributed by atoms with Crippen LogP contribution in [0.5, 0.6) is 0 Å². The molecule has 32 heavy (non-hydrogen) atoms. The van der Waals surface area contributed by atoms with Gasteiger partial charge in [0.15, 0.2) is 0 Å². The van der Waals surface area contributed by atoms with Crippen molar-refractivity contribution >= 4 is 12.0 Å². The Balaban J connectivity index is 1.46. The van der Waals surface area contributed by atoms with Gasteiger partial charge in [0.1, 0.15) is 5.69 Å². The van der Waals surface area contributed by atoms with Crippen molar-refractivity contribution in [2.45, 2.75) is 32.7 Å². The van der Waals surface area contributed by atoms with Gasteiger partial charge in [0.2, 0.25) is 5.91 Å². The van der Waals surface area contributed by atoms with Crippen molar-refractivity contribution < 1.29 is 4.79 Å². The van der Waals surface area contributed by atoms with E-state index in [1.54, 1.807) is 18.5 Å².